The predicted molar refractivity (Wildman–Crippen MR) is 105 cm³/mol. The number of halogens is 2. The average molecular weight is 420 g/mol. The van der Waals surface area contributed by atoms with Crippen LogP contribution in [0.25, 0.3) is 0 Å². The summed E-state index contributed by atoms with van der Waals surface area (Å²) < 4.78 is 55.2. The zero-order valence-corrected chi connectivity index (χ0v) is 16.6. The Morgan fingerprint density at radius 1 is 0.966 bits per heavy atom. The van der Waals surface area contributed by atoms with Gasteiger partial charge >= 0.3 is 0 Å². The highest BCUT2D eigenvalue weighted by Crippen LogP contribution is 2.28. The summed E-state index contributed by atoms with van der Waals surface area (Å²) in [5, 5.41) is 0. The van der Waals surface area contributed by atoms with Crippen molar-refractivity contribution in [3.05, 3.63) is 59.2 Å². The maximum absolute atomic E-state index is 13.7. The molecule has 1 heterocycles. The Balaban J connectivity index is 1.67. The molecule has 4 rings (SSSR count). The van der Waals surface area contributed by atoms with Gasteiger partial charge in [0.2, 0.25) is 10.0 Å². The second-order valence-electron chi connectivity index (χ2n) is 7.58. The van der Waals surface area contributed by atoms with Gasteiger partial charge in [0.15, 0.2) is 11.6 Å². The summed E-state index contributed by atoms with van der Waals surface area (Å²) in [6.45, 7) is 0.334. The number of rotatable bonds is 4. The van der Waals surface area contributed by atoms with E-state index < -0.39 is 27.6 Å². The highest BCUT2D eigenvalue weighted by molar-refractivity contribution is 7.89. The van der Waals surface area contributed by atoms with E-state index in [0.29, 0.717) is 19.4 Å². The third-order valence-corrected chi connectivity index (χ3v) is 7.11. The summed E-state index contributed by atoms with van der Waals surface area (Å²) >= 11 is 0. The lowest BCUT2D eigenvalue weighted by Gasteiger charge is -2.21. The maximum atomic E-state index is 13.7. The number of carbonyl (C=O) groups excluding carboxylic acids is 1. The first kappa shape index (κ1) is 20.0. The lowest BCUT2D eigenvalue weighted by molar-refractivity contribution is 0.0988. The average Bonchev–Trinajstić information content (AvgIpc) is 3.13. The highest BCUT2D eigenvalue weighted by atomic mass is 32.2. The Labute approximate surface area is 168 Å². The summed E-state index contributed by atoms with van der Waals surface area (Å²) in [4.78, 5) is 14.6. The molecule has 0 bridgehead atoms. The van der Waals surface area contributed by atoms with Crippen LogP contribution in [0.3, 0.4) is 0 Å². The molecule has 29 heavy (non-hydrogen) atoms. The summed E-state index contributed by atoms with van der Waals surface area (Å²) in [6, 6.07) is 7.84. The summed E-state index contributed by atoms with van der Waals surface area (Å²) in [5.74, 6) is -2.43. The molecule has 1 aliphatic heterocycles. The highest BCUT2D eigenvalue weighted by Gasteiger charge is 2.28. The molecular formula is C21H22F2N2O3S. The second-order valence-corrected chi connectivity index (χ2v) is 9.29. The zero-order chi connectivity index (χ0) is 20.6. The molecule has 1 aliphatic carbocycles. The lowest BCUT2D eigenvalue weighted by Crippen LogP contribution is -2.33. The minimum absolute atomic E-state index is 0.0450. The Kier molecular flexibility index (Phi) is 5.40. The molecule has 1 saturated carbocycles. The van der Waals surface area contributed by atoms with E-state index >= 15 is 0 Å². The summed E-state index contributed by atoms with van der Waals surface area (Å²) in [6.07, 6.45) is 4.85. The number of carbonyl (C=O) groups is 1. The zero-order valence-electron chi connectivity index (χ0n) is 15.8. The molecule has 1 N–H and O–H groups in total. The number of sulfonamides is 1. The van der Waals surface area contributed by atoms with Crippen molar-refractivity contribution in [3.63, 3.8) is 0 Å². The quantitative estimate of drug-likeness (QED) is 0.819. The number of aryl methyl sites for hydroxylation is 1. The van der Waals surface area contributed by atoms with Crippen LogP contribution in [-0.2, 0) is 16.4 Å². The first-order valence-electron chi connectivity index (χ1n) is 9.77. The van der Waals surface area contributed by atoms with E-state index in [-0.39, 0.29) is 22.2 Å². The lowest BCUT2D eigenvalue weighted by atomic mass is 10.0. The van der Waals surface area contributed by atoms with Crippen LogP contribution in [-0.4, -0.2) is 26.9 Å². The van der Waals surface area contributed by atoms with E-state index in [1.807, 2.05) is 0 Å². The standard InChI is InChI=1S/C21H22F2N2O3S/c22-19-10-8-16(12-20(19)23)25-11-3-4-14-7-9-17(13-18(14)21(25)26)29(27,28)24-15-5-1-2-6-15/h7-10,12-13,15,24H,1-6,11H2. The van der Waals surface area contributed by atoms with Crippen LogP contribution < -0.4 is 9.62 Å². The minimum Gasteiger partial charge on any atom is -0.308 e. The van der Waals surface area contributed by atoms with E-state index in [9.17, 15) is 22.0 Å². The number of fused-ring (bicyclic) bond motifs is 1. The fourth-order valence-corrected chi connectivity index (χ4v) is 5.38. The van der Waals surface area contributed by atoms with Gasteiger partial charge in [0.25, 0.3) is 5.91 Å². The summed E-state index contributed by atoms with van der Waals surface area (Å²) in [7, 11) is -3.74. The molecular weight excluding hydrogens is 398 g/mol. The minimum atomic E-state index is -3.74. The molecule has 0 atom stereocenters. The molecule has 5 nitrogen and oxygen atoms in total. The van der Waals surface area contributed by atoms with Crippen molar-refractivity contribution in [2.75, 3.05) is 11.4 Å². The van der Waals surface area contributed by atoms with Gasteiger partial charge in [-0.2, -0.15) is 0 Å². The van der Waals surface area contributed by atoms with Gasteiger partial charge < -0.3 is 4.90 Å². The molecule has 1 amide bonds. The van der Waals surface area contributed by atoms with E-state index in [2.05, 4.69) is 4.72 Å². The van der Waals surface area contributed by atoms with E-state index in [4.69, 9.17) is 0 Å². The van der Waals surface area contributed by atoms with Gasteiger partial charge in [-0.05, 0) is 55.5 Å². The Morgan fingerprint density at radius 3 is 2.45 bits per heavy atom. The van der Waals surface area contributed by atoms with Gasteiger partial charge in [-0.3, -0.25) is 4.79 Å². The first-order valence-corrected chi connectivity index (χ1v) is 11.3. The normalized spacial score (nSPS) is 18.0. The van der Waals surface area contributed by atoms with Crippen molar-refractivity contribution < 1.29 is 22.0 Å². The van der Waals surface area contributed by atoms with Gasteiger partial charge in [-0.1, -0.05) is 18.9 Å². The van der Waals surface area contributed by atoms with Gasteiger partial charge in [-0.25, -0.2) is 21.9 Å². The number of hydrogen-bond donors (Lipinski definition) is 1. The second kappa shape index (κ2) is 7.84. The first-order chi connectivity index (χ1) is 13.8. The molecule has 8 heteroatoms. The monoisotopic (exact) mass is 420 g/mol. The largest absolute Gasteiger partial charge is 0.308 e. The number of amides is 1. The molecule has 2 aromatic rings. The van der Waals surface area contributed by atoms with Crippen LogP contribution >= 0.6 is 0 Å². The number of benzene rings is 2. The third-order valence-electron chi connectivity index (χ3n) is 5.59. The predicted octanol–water partition coefficient (Wildman–Crippen LogP) is 3.78. The maximum Gasteiger partial charge on any atom is 0.258 e. The fraction of sp³-hybridized carbons (Fsp3) is 0.381. The Morgan fingerprint density at radius 2 is 1.72 bits per heavy atom. The van der Waals surface area contributed by atoms with Gasteiger partial charge in [-0.15, -0.1) is 0 Å². The van der Waals surface area contributed by atoms with Gasteiger partial charge in [0.1, 0.15) is 0 Å². The number of nitrogens with one attached hydrogen (secondary N) is 1. The molecule has 154 valence electrons. The van der Waals surface area contributed by atoms with Crippen molar-refractivity contribution in [3.8, 4) is 0 Å². The van der Waals surface area contributed by atoms with Crippen LogP contribution in [0, 0.1) is 11.6 Å². The van der Waals surface area contributed by atoms with Crippen molar-refractivity contribution in [2.45, 2.75) is 49.5 Å². The molecule has 0 radical (unpaired) electrons. The Hall–Kier alpha value is -2.32. The summed E-state index contributed by atoms with van der Waals surface area (Å²) in [5.41, 5.74) is 1.28. The van der Waals surface area contributed by atoms with Crippen LogP contribution in [0.4, 0.5) is 14.5 Å². The smallest absolute Gasteiger partial charge is 0.258 e. The third kappa shape index (κ3) is 4.04. The van der Waals surface area contributed by atoms with Crippen LogP contribution in [0.15, 0.2) is 41.3 Å². The SMILES string of the molecule is O=C1c2cc(S(=O)(=O)NC3CCCC3)ccc2CCCN1c1ccc(F)c(F)c1. The molecule has 0 saturated heterocycles. The Bertz CT molecular complexity index is 1050. The van der Waals surface area contributed by atoms with E-state index in [0.717, 1.165) is 43.4 Å². The van der Waals surface area contributed by atoms with E-state index in [1.165, 1.54) is 23.1 Å². The number of hydrogen-bond acceptors (Lipinski definition) is 3. The van der Waals surface area contributed by atoms with Crippen LogP contribution in [0.1, 0.15) is 48.0 Å². The van der Waals surface area contributed by atoms with Crippen molar-refractivity contribution in [2.24, 2.45) is 0 Å². The van der Waals surface area contributed by atoms with Crippen molar-refractivity contribution in [1.29, 1.82) is 0 Å². The van der Waals surface area contributed by atoms with Crippen molar-refractivity contribution >= 4 is 21.6 Å². The molecule has 0 unspecified atom stereocenters. The molecule has 0 spiro atoms. The van der Waals surface area contributed by atoms with Crippen LogP contribution in [0.2, 0.25) is 0 Å². The van der Waals surface area contributed by atoms with Gasteiger partial charge in [0, 0.05) is 29.9 Å². The number of anilines is 1. The van der Waals surface area contributed by atoms with Crippen molar-refractivity contribution in [1.82, 2.24) is 4.72 Å². The van der Waals surface area contributed by atoms with E-state index in [1.54, 1.807) is 6.07 Å². The molecule has 2 aromatic carbocycles. The fourth-order valence-electron chi connectivity index (χ4n) is 4.04. The molecule has 1 fully saturated rings. The van der Waals surface area contributed by atoms with Gasteiger partial charge in [0.05, 0.1) is 4.90 Å². The molecule has 2 aliphatic rings. The molecule has 0 aromatic heterocycles. The number of nitrogens with zero attached hydrogens (tertiary/aromatic N) is 1. The topological polar surface area (TPSA) is 66.5 Å². The van der Waals surface area contributed by atoms with Crippen LogP contribution in [0.5, 0.6) is 0 Å².